The number of halogens is 1. The van der Waals surface area contributed by atoms with E-state index in [4.69, 9.17) is 5.73 Å². The number of rotatable bonds is 4. The third-order valence-corrected chi connectivity index (χ3v) is 6.30. The Bertz CT molecular complexity index is 793. The molecule has 2 aromatic carbocycles. The summed E-state index contributed by atoms with van der Waals surface area (Å²) in [6.07, 6.45) is 1.72. The molecule has 0 radical (unpaired) electrons. The normalized spacial score (nSPS) is 16.6. The van der Waals surface area contributed by atoms with Crippen LogP contribution in [0.1, 0.15) is 10.4 Å². The van der Waals surface area contributed by atoms with E-state index in [2.05, 4.69) is 21.2 Å². The van der Waals surface area contributed by atoms with E-state index in [-0.39, 0.29) is 25.9 Å². The van der Waals surface area contributed by atoms with Gasteiger partial charge in [-0.1, -0.05) is 0 Å². The number of benzene rings is 2. The Kier molecular flexibility index (Phi) is 5.04. The van der Waals surface area contributed by atoms with E-state index in [1.165, 1.54) is 0 Å². The van der Waals surface area contributed by atoms with Crippen molar-refractivity contribution in [3.8, 4) is 0 Å². The van der Waals surface area contributed by atoms with Crippen LogP contribution < -0.4 is 16.0 Å². The van der Waals surface area contributed by atoms with Crippen molar-refractivity contribution in [3.63, 3.8) is 0 Å². The van der Waals surface area contributed by atoms with Gasteiger partial charge in [0.1, 0.15) is 0 Å². The molecule has 0 saturated carbocycles. The molecule has 2 aromatic rings. The number of hydrogen-bond donors (Lipinski definition) is 2. The predicted molar refractivity (Wildman–Crippen MR) is 97.3 cm³/mol. The summed E-state index contributed by atoms with van der Waals surface area (Å²) in [5.41, 5.74) is 6.89. The summed E-state index contributed by atoms with van der Waals surface area (Å²) in [6, 6.07) is 16.7. The van der Waals surface area contributed by atoms with Crippen LogP contribution in [0.25, 0.3) is 0 Å². The van der Waals surface area contributed by atoms with E-state index in [0.29, 0.717) is 10.0 Å². The van der Waals surface area contributed by atoms with Gasteiger partial charge in [0.15, 0.2) is 0 Å². The van der Waals surface area contributed by atoms with E-state index in [9.17, 15) is 9.59 Å². The van der Waals surface area contributed by atoms with E-state index < -0.39 is 5.91 Å². The van der Waals surface area contributed by atoms with Gasteiger partial charge in [0.05, 0.1) is 0 Å². The number of primary amides is 1. The fraction of sp³-hybridized carbons (Fsp3) is 0.0588. The molecule has 1 aliphatic heterocycles. The van der Waals surface area contributed by atoms with Crippen LogP contribution in [0.5, 0.6) is 0 Å². The van der Waals surface area contributed by atoms with E-state index in [1.54, 1.807) is 18.3 Å². The molecule has 0 aromatic heterocycles. The zero-order chi connectivity index (χ0) is 17.1. The molecule has 0 bridgehead atoms. The average molecular weight is 451 g/mol. The molecule has 0 spiro atoms. The predicted octanol–water partition coefficient (Wildman–Crippen LogP) is 2.01. The Morgan fingerprint density at radius 1 is 1.08 bits per heavy atom. The Balaban J connectivity index is 1.84. The van der Waals surface area contributed by atoms with E-state index in [1.807, 2.05) is 47.4 Å². The molecule has 1 unspecified atom stereocenters. The fourth-order valence-electron chi connectivity index (χ4n) is 2.23. The summed E-state index contributed by atoms with van der Waals surface area (Å²) in [6.45, 7) is 0. The van der Waals surface area contributed by atoms with Crippen molar-refractivity contribution < 1.29 is 9.59 Å². The molecule has 7 heteroatoms. The van der Waals surface area contributed by atoms with Crippen LogP contribution in [0.4, 0.5) is 5.69 Å². The SMILES string of the molecule is NC(=O)C1=CN(c2ccc(Br)cc2)C(NC(=O)c2ccccc2)[Se]1. The van der Waals surface area contributed by atoms with Crippen LogP contribution in [0.2, 0.25) is 0 Å². The number of nitrogens with two attached hydrogens (primary N) is 1. The molecule has 3 N–H and O–H groups in total. The first-order valence-corrected chi connectivity index (χ1v) is 9.76. The molecular weight excluding hydrogens is 437 g/mol. The molecule has 0 saturated heterocycles. The number of anilines is 1. The molecule has 0 aliphatic carbocycles. The van der Waals surface area contributed by atoms with Crippen molar-refractivity contribution in [3.05, 3.63) is 75.3 Å². The van der Waals surface area contributed by atoms with Crippen molar-refractivity contribution in [2.75, 3.05) is 4.90 Å². The summed E-state index contributed by atoms with van der Waals surface area (Å²) in [4.78, 5) is 25.9. The van der Waals surface area contributed by atoms with Gasteiger partial charge < -0.3 is 0 Å². The van der Waals surface area contributed by atoms with Gasteiger partial charge in [-0.2, -0.15) is 0 Å². The standard InChI is InChI=1S/C17H14BrN3O2Se/c18-12-6-8-13(9-7-12)21-10-14(15(19)22)24-17(21)20-16(23)11-4-2-1-3-5-11/h1-10,17H,(H2,19,22)(H,20,23). The first kappa shape index (κ1) is 16.8. The van der Waals surface area contributed by atoms with Crippen molar-refractivity contribution in [2.45, 2.75) is 5.06 Å². The molecule has 0 fully saturated rings. The van der Waals surface area contributed by atoms with Crippen LogP contribution in [0.15, 0.2) is 69.7 Å². The second kappa shape index (κ2) is 7.21. The topological polar surface area (TPSA) is 75.4 Å². The number of nitrogens with zero attached hydrogens (tertiary/aromatic N) is 1. The summed E-state index contributed by atoms with van der Waals surface area (Å²) in [5.74, 6) is -0.628. The summed E-state index contributed by atoms with van der Waals surface area (Å²) >= 11 is 3.13. The fourth-order valence-corrected chi connectivity index (χ4v) is 4.58. The van der Waals surface area contributed by atoms with Gasteiger partial charge in [0.2, 0.25) is 0 Å². The minimum atomic E-state index is -0.450. The second-order valence-corrected chi connectivity index (χ2v) is 8.32. The van der Waals surface area contributed by atoms with Gasteiger partial charge in [-0.25, -0.2) is 0 Å². The van der Waals surface area contributed by atoms with Gasteiger partial charge in [-0.3, -0.25) is 0 Å². The summed E-state index contributed by atoms with van der Waals surface area (Å²) in [7, 11) is 0. The van der Waals surface area contributed by atoms with Crippen molar-refractivity contribution in [2.24, 2.45) is 5.73 Å². The molecular formula is C17H14BrN3O2Se. The number of nitrogens with one attached hydrogen (secondary N) is 1. The van der Waals surface area contributed by atoms with Gasteiger partial charge in [-0.15, -0.1) is 0 Å². The zero-order valence-electron chi connectivity index (χ0n) is 12.5. The van der Waals surface area contributed by atoms with Gasteiger partial charge >= 0.3 is 154 Å². The number of carbonyl (C=O) groups excluding carboxylic acids is 2. The maximum atomic E-state index is 12.4. The van der Waals surface area contributed by atoms with E-state index >= 15 is 0 Å². The van der Waals surface area contributed by atoms with Crippen molar-refractivity contribution in [1.29, 1.82) is 0 Å². The number of hydrogen-bond acceptors (Lipinski definition) is 3. The van der Waals surface area contributed by atoms with Crippen LogP contribution >= 0.6 is 15.9 Å². The molecule has 1 aliphatic rings. The minimum absolute atomic E-state index is 0.177. The Hall–Kier alpha value is -2.08. The molecule has 1 heterocycles. The third-order valence-electron chi connectivity index (χ3n) is 3.41. The summed E-state index contributed by atoms with van der Waals surface area (Å²) in [5, 5.41) is 2.69. The van der Waals surface area contributed by atoms with E-state index in [0.717, 1.165) is 10.2 Å². The van der Waals surface area contributed by atoms with Crippen LogP contribution in [0, 0.1) is 0 Å². The second-order valence-electron chi connectivity index (χ2n) is 5.05. The first-order valence-electron chi connectivity index (χ1n) is 7.13. The number of amides is 2. The Morgan fingerprint density at radius 3 is 2.38 bits per heavy atom. The molecule has 24 heavy (non-hydrogen) atoms. The molecule has 2 amide bonds. The molecule has 1 atom stereocenters. The number of carbonyl (C=O) groups is 2. The van der Waals surface area contributed by atoms with Crippen LogP contribution in [0.3, 0.4) is 0 Å². The Morgan fingerprint density at radius 2 is 1.75 bits per heavy atom. The van der Waals surface area contributed by atoms with Gasteiger partial charge in [-0.05, 0) is 0 Å². The quantitative estimate of drug-likeness (QED) is 0.699. The molecule has 3 rings (SSSR count). The monoisotopic (exact) mass is 451 g/mol. The molecule has 5 nitrogen and oxygen atoms in total. The van der Waals surface area contributed by atoms with Crippen LogP contribution in [-0.2, 0) is 4.79 Å². The van der Waals surface area contributed by atoms with Gasteiger partial charge in [0, 0.05) is 0 Å². The first-order chi connectivity index (χ1) is 11.5. The third kappa shape index (κ3) is 3.70. The zero-order valence-corrected chi connectivity index (χ0v) is 15.8. The van der Waals surface area contributed by atoms with Crippen molar-refractivity contribution >= 4 is 48.4 Å². The van der Waals surface area contributed by atoms with Crippen molar-refractivity contribution in [1.82, 2.24) is 5.32 Å². The van der Waals surface area contributed by atoms with Crippen LogP contribution in [-0.4, -0.2) is 31.8 Å². The summed E-state index contributed by atoms with van der Waals surface area (Å²) < 4.78 is 1.50. The average Bonchev–Trinajstić information content (AvgIpc) is 3.00. The Labute approximate surface area is 154 Å². The molecule has 122 valence electrons. The van der Waals surface area contributed by atoms with Gasteiger partial charge in [0.25, 0.3) is 0 Å². The maximum absolute atomic E-state index is 12.4.